The normalized spacial score (nSPS) is 14.0. The van der Waals surface area contributed by atoms with Crippen molar-refractivity contribution in [2.75, 3.05) is 19.6 Å². The third-order valence-corrected chi connectivity index (χ3v) is 26.7. The van der Waals surface area contributed by atoms with Crippen molar-refractivity contribution in [3.8, 4) is 23.0 Å². The molecule has 134 heavy (non-hydrogen) atoms. The standard InChI is InChI=1S/C24H28FN3O7S.C23H26FN3O5S.C23H28FN3O5S.C22H24FN3O5S/c1-3-24(4-2,23(34)28-16(21(31)32)7-10-19(29)30)12-14-6-9-18(36-14)22(33)35-17-8-5-13(20(26)27)11-15(17)25;1-23(2,22(31)27-9-3-4-14(27)11-19(28)29)12-15-6-8-18(33-15)21(30)32-17-7-5-13(20(25)26)10-16(17)24;1-4-16(20(28)29)27-22(31)23(5-2,6-3)12-14-8-10-18(33-14)21(30)32-17-9-7-13(19(25)26)11-15(17)24;1-22(2,21(30)26-8-7-13(11-26)19(27)28)10-14-4-6-17(32-14)20(29)31-16-5-3-12(18(24)25)9-15(16)23/h5-6,8-9,11,16H,3-4,7,10,12H2,1-2H3,(H3,26,27)(H,28,34)(H,29,30)(H,31,32);5-8,10,14H,3-4,9,11-12H2,1-2H3,(H3,25,26)(H,28,29);7-11,16H,4-6,12H2,1-3H3,(H3,25,26)(H,27,31)(H,28,29);3-6,9,13H,7-8,10-11H2,1-2H3,(H3,24,25)(H,27,28)/t16-;14-;16-;13-/m0001/s1. The van der Waals surface area contributed by atoms with Gasteiger partial charge < -0.3 is 87.8 Å². The molecule has 10 rings (SSSR count). The Labute approximate surface area is 783 Å². The summed E-state index contributed by atoms with van der Waals surface area (Å²) in [6.45, 7) is 17.3. The van der Waals surface area contributed by atoms with Crippen LogP contribution in [0.2, 0.25) is 0 Å². The van der Waals surface area contributed by atoms with Crippen LogP contribution in [0, 0.1) is 72.5 Å². The smallest absolute Gasteiger partial charge is 0.353 e. The van der Waals surface area contributed by atoms with Crippen molar-refractivity contribution in [3.05, 3.63) is 206 Å². The van der Waals surface area contributed by atoms with Gasteiger partial charge in [0.05, 0.1) is 23.2 Å². The largest absolute Gasteiger partial charge is 0.481 e. The van der Waals surface area contributed by atoms with Crippen molar-refractivity contribution in [1.29, 1.82) is 21.6 Å². The first kappa shape index (κ1) is 107. The Morgan fingerprint density at radius 2 is 0.761 bits per heavy atom. The Morgan fingerprint density at radius 3 is 1.04 bits per heavy atom. The van der Waals surface area contributed by atoms with Gasteiger partial charge in [-0.3, -0.25) is 55.2 Å². The topological polar surface area (TPSA) is 590 Å². The van der Waals surface area contributed by atoms with Gasteiger partial charge in [0.1, 0.15) is 54.9 Å². The molecule has 8 aromatic rings. The Balaban J connectivity index is 0.000000244. The molecule has 2 aliphatic rings. The summed E-state index contributed by atoms with van der Waals surface area (Å²) in [5.41, 5.74) is 18.6. The van der Waals surface area contributed by atoms with Gasteiger partial charge in [0, 0.05) is 84.7 Å². The van der Waals surface area contributed by atoms with Gasteiger partial charge in [0.25, 0.3) is 0 Å². The number of esters is 4. The average molecular weight is 1940 g/mol. The second-order valence-electron chi connectivity index (χ2n) is 32.8. The van der Waals surface area contributed by atoms with E-state index >= 15 is 0 Å². The third-order valence-electron chi connectivity index (χ3n) is 22.5. The number of nitrogens with two attached hydrogens (primary N) is 4. The van der Waals surface area contributed by atoms with E-state index in [1.165, 1.54) is 54.6 Å². The van der Waals surface area contributed by atoms with Crippen LogP contribution in [0.5, 0.6) is 23.0 Å². The van der Waals surface area contributed by atoms with E-state index in [2.05, 4.69) is 10.6 Å². The molecule has 34 nitrogen and oxygen atoms in total. The molecule has 19 N–H and O–H groups in total. The maximum absolute atomic E-state index is 14.2. The van der Waals surface area contributed by atoms with Crippen molar-refractivity contribution >= 4 is 146 Å². The predicted octanol–water partition coefficient (Wildman–Crippen LogP) is 13.2. The Bertz CT molecular complexity index is 5760. The zero-order valence-corrected chi connectivity index (χ0v) is 77.9. The third kappa shape index (κ3) is 29.2. The first-order valence-electron chi connectivity index (χ1n) is 42.1. The van der Waals surface area contributed by atoms with Gasteiger partial charge in [-0.2, -0.15) is 0 Å². The van der Waals surface area contributed by atoms with Crippen molar-refractivity contribution < 1.29 is 124 Å². The number of ether oxygens (including phenoxy) is 4. The maximum atomic E-state index is 14.2. The molecule has 0 unspecified atom stereocenters. The molecule has 4 aromatic heterocycles. The molecular formula is C92H106F4N12O22S4. The fourth-order valence-electron chi connectivity index (χ4n) is 14.4. The molecule has 6 heterocycles. The minimum absolute atomic E-state index is 0.0687. The average Bonchev–Trinajstić information content (AvgIpc) is 1.74. The summed E-state index contributed by atoms with van der Waals surface area (Å²) in [6, 6.07) is 24.8. The number of carbonyl (C=O) groups is 13. The van der Waals surface area contributed by atoms with Gasteiger partial charge in [-0.15, -0.1) is 45.3 Å². The lowest BCUT2D eigenvalue weighted by atomic mass is 9.77. The van der Waals surface area contributed by atoms with E-state index < -0.39 is 129 Å². The maximum Gasteiger partial charge on any atom is 0.353 e. The van der Waals surface area contributed by atoms with E-state index in [9.17, 15) is 90.1 Å². The molecule has 42 heteroatoms. The van der Waals surface area contributed by atoms with Crippen LogP contribution >= 0.6 is 45.3 Å². The number of halogens is 4. The molecule has 4 aromatic carbocycles. The Kier molecular flexibility index (Phi) is 38.2. The first-order chi connectivity index (χ1) is 62.9. The molecule has 4 amide bonds. The SMILES string of the molecule is CC(C)(Cc1ccc(C(=O)Oc2ccc(C(=N)N)cc2F)s1)C(=O)N1CCC[C@H]1CC(=O)O.CC(C)(Cc1ccc(C(=O)Oc2ccc(C(=N)N)cc2F)s1)C(=O)N1CC[C@@H](C(=O)O)C1.CCC(CC)(Cc1ccc(C(=O)Oc2ccc(C(=N)N)cc2F)s1)C(=O)N[C@@H](CCC(=O)O)C(=O)O.CC[C@H](NC(=O)C(CC)(CC)Cc1ccc(C(=O)Oc2ccc(C(=N)N)cc2F)s1)C(=O)O. The number of rotatable bonds is 39. The summed E-state index contributed by atoms with van der Waals surface area (Å²) in [4.78, 5) is 165. The van der Waals surface area contributed by atoms with Crippen LogP contribution in [0.4, 0.5) is 17.6 Å². The second-order valence-corrected chi connectivity index (χ2v) is 37.5. The minimum atomic E-state index is -1.34. The number of benzene rings is 4. The van der Waals surface area contributed by atoms with Gasteiger partial charge in [-0.05, 0) is 205 Å². The number of nitrogen functional groups attached to an aromatic ring is 4. The lowest BCUT2D eigenvalue weighted by Crippen LogP contribution is -2.49. The molecular weight excluding hydrogens is 1830 g/mol. The zero-order chi connectivity index (χ0) is 99.8. The summed E-state index contributed by atoms with van der Waals surface area (Å²) >= 11 is 4.50. The monoisotopic (exact) mass is 1930 g/mol. The summed E-state index contributed by atoms with van der Waals surface area (Å²) in [5.74, 6) is -15.7. The number of amides is 4. The molecule has 0 radical (unpaired) electrons. The van der Waals surface area contributed by atoms with Crippen LogP contribution in [-0.2, 0) is 68.8 Å². The number of hydrogen-bond donors (Lipinski definition) is 15. The number of thiophene rings is 4. The molecule has 4 atom stereocenters. The summed E-state index contributed by atoms with van der Waals surface area (Å²) in [6.07, 6.45) is 4.38. The molecule has 2 fully saturated rings. The fraction of sp³-hybridized carbons (Fsp3) is 0.380. The van der Waals surface area contributed by atoms with Crippen molar-refractivity contribution in [1.82, 2.24) is 20.4 Å². The van der Waals surface area contributed by atoms with Gasteiger partial charge in [0.15, 0.2) is 46.3 Å². The van der Waals surface area contributed by atoms with Crippen molar-refractivity contribution in [2.24, 2.45) is 50.5 Å². The molecule has 0 bridgehead atoms. The van der Waals surface area contributed by atoms with E-state index in [1.54, 1.807) is 101 Å². The highest BCUT2D eigenvalue weighted by Crippen LogP contribution is 2.40. The van der Waals surface area contributed by atoms with Crippen LogP contribution < -0.4 is 52.5 Å². The van der Waals surface area contributed by atoms with Crippen LogP contribution in [0.25, 0.3) is 0 Å². The van der Waals surface area contributed by atoms with Crippen LogP contribution in [0.1, 0.15) is 213 Å². The van der Waals surface area contributed by atoms with Gasteiger partial charge in [0.2, 0.25) is 23.6 Å². The number of nitrogens with zero attached hydrogens (tertiary/aromatic N) is 2. The highest BCUT2D eigenvalue weighted by atomic mass is 32.1. The molecule has 0 spiro atoms. The van der Waals surface area contributed by atoms with Gasteiger partial charge in [-0.1, -0.05) is 62.3 Å². The second kappa shape index (κ2) is 47.7. The summed E-state index contributed by atoms with van der Waals surface area (Å²) < 4.78 is 77.2. The quantitative estimate of drug-likeness (QED) is 0.00559. The highest BCUT2D eigenvalue weighted by Gasteiger charge is 2.43. The number of hydrogen-bond acceptors (Lipinski definition) is 25. The number of carboxylic acid groups (broad SMARTS) is 5. The van der Waals surface area contributed by atoms with E-state index in [1.807, 2.05) is 13.8 Å². The van der Waals surface area contributed by atoms with E-state index in [0.29, 0.717) is 75.8 Å². The van der Waals surface area contributed by atoms with E-state index in [-0.39, 0.29) is 144 Å². The molecule has 0 aliphatic carbocycles. The molecule has 718 valence electrons. The number of aliphatic carboxylic acids is 5. The van der Waals surface area contributed by atoms with Gasteiger partial charge >= 0.3 is 53.7 Å². The fourth-order valence-corrected chi connectivity index (χ4v) is 18.7. The summed E-state index contributed by atoms with van der Waals surface area (Å²) in [7, 11) is 0. The van der Waals surface area contributed by atoms with Crippen LogP contribution in [0.3, 0.4) is 0 Å². The lowest BCUT2D eigenvalue weighted by Gasteiger charge is -2.32. The molecule has 2 saturated heterocycles. The Morgan fingerprint density at radius 1 is 0.440 bits per heavy atom. The number of likely N-dealkylation sites (tertiary alicyclic amines) is 2. The molecule has 0 saturated carbocycles. The Hall–Kier alpha value is -13.6. The number of carboxylic acids is 5. The molecule has 2 aliphatic heterocycles. The number of nitrogens with one attached hydrogen (secondary N) is 6. The van der Waals surface area contributed by atoms with Gasteiger partial charge in [-0.25, -0.2) is 46.3 Å². The zero-order valence-electron chi connectivity index (χ0n) is 74.6. The van der Waals surface area contributed by atoms with Crippen LogP contribution in [0.15, 0.2) is 121 Å². The number of carbonyl (C=O) groups excluding carboxylic acids is 8. The minimum Gasteiger partial charge on any atom is -0.481 e. The van der Waals surface area contributed by atoms with Crippen molar-refractivity contribution in [2.45, 2.75) is 177 Å². The lowest BCUT2D eigenvalue weighted by molar-refractivity contribution is -0.145. The summed E-state index contributed by atoms with van der Waals surface area (Å²) in [5, 5.41) is 80.1. The van der Waals surface area contributed by atoms with Crippen LogP contribution in [-0.4, -0.2) is 174 Å². The first-order valence-corrected chi connectivity index (χ1v) is 45.3. The predicted molar refractivity (Wildman–Crippen MR) is 491 cm³/mol. The van der Waals surface area contributed by atoms with Crippen molar-refractivity contribution in [3.63, 3.8) is 0 Å². The number of amidine groups is 4. The van der Waals surface area contributed by atoms with E-state index in [0.717, 1.165) is 90.7 Å². The van der Waals surface area contributed by atoms with E-state index in [4.69, 9.17) is 78.8 Å². The highest BCUT2D eigenvalue weighted by molar-refractivity contribution is 7.15.